The van der Waals surface area contributed by atoms with Crippen LogP contribution in [-0.2, 0) is 11.2 Å². The number of non-ortho nitro benzene ring substituents is 1. The molecule has 1 aliphatic rings. The first-order valence-corrected chi connectivity index (χ1v) is 8.28. The molecule has 2 aromatic rings. The monoisotopic (exact) mass is 337 g/mol. The molecule has 0 N–H and O–H groups in total. The lowest BCUT2D eigenvalue weighted by atomic mass is 10.1. The van der Waals surface area contributed by atoms with Crippen LogP contribution in [0, 0.1) is 10.1 Å². The van der Waals surface area contributed by atoms with Crippen molar-refractivity contribution in [1.82, 2.24) is 4.90 Å². The standard InChI is InChI=1S/C19H19N3O3/c23-19(21-10-4-5-11-21)13-16-12-17(22(24)25)8-9-18(16)20-14-15-6-2-1-3-7-15/h1-3,6-9,12,14H,4-5,10-11,13H2. The molecule has 6 nitrogen and oxygen atoms in total. The molecule has 0 saturated carbocycles. The number of carbonyl (C=O) groups is 1. The van der Waals surface area contributed by atoms with Gasteiger partial charge in [-0.05, 0) is 30.0 Å². The molecule has 0 aromatic heterocycles. The Morgan fingerprint density at radius 1 is 1.16 bits per heavy atom. The van der Waals surface area contributed by atoms with Crippen molar-refractivity contribution in [2.24, 2.45) is 4.99 Å². The van der Waals surface area contributed by atoms with Gasteiger partial charge in [0.15, 0.2) is 0 Å². The van der Waals surface area contributed by atoms with Crippen LogP contribution in [-0.4, -0.2) is 35.0 Å². The summed E-state index contributed by atoms with van der Waals surface area (Å²) in [5.74, 6) is -0.00541. The molecular weight excluding hydrogens is 318 g/mol. The first-order valence-electron chi connectivity index (χ1n) is 8.28. The fourth-order valence-corrected chi connectivity index (χ4v) is 2.88. The molecular formula is C19H19N3O3. The highest BCUT2D eigenvalue weighted by atomic mass is 16.6. The van der Waals surface area contributed by atoms with Gasteiger partial charge in [-0.15, -0.1) is 0 Å². The summed E-state index contributed by atoms with van der Waals surface area (Å²) < 4.78 is 0. The van der Waals surface area contributed by atoms with Crippen LogP contribution < -0.4 is 0 Å². The lowest BCUT2D eigenvalue weighted by molar-refractivity contribution is -0.384. The van der Waals surface area contributed by atoms with E-state index in [2.05, 4.69) is 4.99 Å². The van der Waals surface area contributed by atoms with E-state index in [1.54, 1.807) is 12.3 Å². The molecule has 0 unspecified atom stereocenters. The minimum absolute atomic E-state index is 0.00541. The van der Waals surface area contributed by atoms with Crippen molar-refractivity contribution < 1.29 is 9.72 Å². The average molecular weight is 337 g/mol. The van der Waals surface area contributed by atoms with E-state index in [0.717, 1.165) is 31.5 Å². The lowest BCUT2D eigenvalue weighted by Crippen LogP contribution is -2.29. The highest BCUT2D eigenvalue weighted by Gasteiger charge is 2.20. The zero-order chi connectivity index (χ0) is 17.6. The maximum Gasteiger partial charge on any atom is 0.269 e. The third-order valence-corrected chi connectivity index (χ3v) is 4.23. The van der Waals surface area contributed by atoms with Gasteiger partial charge < -0.3 is 4.90 Å². The van der Waals surface area contributed by atoms with Gasteiger partial charge in [0, 0.05) is 31.4 Å². The summed E-state index contributed by atoms with van der Waals surface area (Å²) in [6.45, 7) is 1.52. The smallest absolute Gasteiger partial charge is 0.269 e. The number of nitro groups is 1. The van der Waals surface area contributed by atoms with Crippen molar-refractivity contribution in [3.8, 4) is 0 Å². The molecule has 1 aliphatic heterocycles. The molecule has 0 atom stereocenters. The van der Waals surface area contributed by atoms with Crippen LogP contribution in [0.3, 0.4) is 0 Å². The zero-order valence-electron chi connectivity index (χ0n) is 13.8. The van der Waals surface area contributed by atoms with Crippen molar-refractivity contribution in [1.29, 1.82) is 0 Å². The fourth-order valence-electron chi connectivity index (χ4n) is 2.88. The summed E-state index contributed by atoms with van der Waals surface area (Å²) in [5, 5.41) is 11.1. The summed E-state index contributed by atoms with van der Waals surface area (Å²) in [4.78, 5) is 29.3. The molecule has 1 saturated heterocycles. The second-order valence-electron chi connectivity index (χ2n) is 6.00. The summed E-state index contributed by atoms with van der Waals surface area (Å²) in [6.07, 6.45) is 3.85. The number of rotatable bonds is 5. The second kappa shape index (κ2) is 7.70. The van der Waals surface area contributed by atoms with Gasteiger partial charge >= 0.3 is 0 Å². The zero-order valence-corrected chi connectivity index (χ0v) is 13.8. The number of aliphatic imine (C=N–C) groups is 1. The molecule has 0 radical (unpaired) electrons. The van der Waals surface area contributed by atoms with Crippen molar-refractivity contribution in [3.05, 3.63) is 69.8 Å². The Labute approximate surface area is 146 Å². The normalized spacial score (nSPS) is 14.2. The number of likely N-dealkylation sites (tertiary alicyclic amines) is 1. The minimum atomic E-state index is -0.450. The van der Waals surface area contributed by atoms with Crippen LogP contribution in [0.5, 0.6) is 0 Å². The summed E-state index contributed by atoms with van der Waals surface area (Å²) in [6, 6.07) is 14.1. The van der Waals surface area contributed by atoms with Crippen LogP contribution in [0.4, 0.5) is 11.4 Å². The Balaban J connectivity index is 1.87. The van der Waals surface area contributed by atoms with Gasteiger partial charge in [0.1, 0.15) is 0 Å². The Bertz CT molecular complexity index is 797. The molecule has 3 rings (SSSR count). The van der Waals surface area contributed by atoms with E-state index in [0.29, 0.717) is 11.3 Å². The van der Waals surface area contributed by atoms with Crippen LogP contribution in [0.2, 0.25) is 0 Å². The van der Waals surface area contributed by atoms with E-state index in [9.17, 15) is 14.9 Å². The van der Waals surface area contributed by atoms with E-state index in [4.69, 9.17) is 0 Å². The second-order valence-corrected chi connectivity index (χ2v) is 6.00. The van der Waals surface area contributed by atoms with Crippen molar-refractivity contribution in [3.63, 3.8) is 0 Å². The maximum absolute atomic E-state index is 12.4. The highest BCUT2D eigenvalue weighted by Crippen LogP contribution is 2.26. The predicted molar refractivity (Wildman–Crippen MR) is 96.3 cm³/mol. The van der Waals surface area contributed by atoms with Gasteiger partial charge in [-0.3, -0.25) is 19.9 Å². The van der Waals surface area contributed by atoms with E-state index >= 15 is 0 Å². The number of nitro benzene ring substituents is 1. The van der Waals surface area contributed by atoms with E-state index in [1.807, 2.05) is 35.2 Å². The fraction of sp³-hybridized carbons (Fsp3) is 0.263. The third-order valence-electron chi connectivity index (χ3n) is 4.23. The number of hydrogen-bond acceptors (Lipinski definition) is 4. The van der Waals surface area contributed by atoms with Gasteiger partial charge in [-0.1, -0.05) is 30.3 Å². The molecule has 0 spiro atoms. The first kappa shape index (κ1) is 16.8. The van der Waals surface area contributed by atoms with Gasteiger partial charge in [0.25, 0.3) is 5.69 Å². The number of carbonyl (C=O) groups excluding carboxylic acids is 1. The number of hydrogen-bond donors (Lipinski definition) is 0. The first-order chi connectivity index (χ1) is 12.1. The van der Waals surface area contributed by atoms with Crippen LogP contribution in [0.15, 0.2) is 53.5 Å². The predicted octanol–water partition coefficient (Wildman–Crippen LogP) is 3.51. The van der Waals surface area contributed by atoms with Gasteiger partial charge in [0.2, 0.25) is 5.91 Å². The molecule has 0 bridgehead atoms. The number of benzene rings is 2. The van der Waals surface area contributed by atoms with Gasteiger partial charge in [-0.25, -0.2) is 0 Å². The van der Waals surface area contributed by atoms with E-state index in [1.165, 1.54) is 12.1 Å². The van der Waals surface area contributed by atoms with Gasteiger partial charge in [-0.2, -0.15) is 0 Å². The molecule has 1 amide bonds. The topological polar surface area (TPSA) is 75.8 Å². The summed E-state index contributed by atoms with van der Waals surface area (Å²) in [5.41, 5.74) is 2.07. The molecule has 0 aliphatic carbocycles. The third kappa shape index (κ3) is 4.29. The molecule has 1 heterocycles. The number of amides is 1. The van der Waals surface area contributed by atoms with E-state index < -0.39 is 4.92 Å². The molecule has 128 valence electrons. The SMILES string of the molecule is O=C(Cc1cc([N+](=O)[O-])ccc1N=Cc1ccccc1)N1CCCC1. The Kier molecular flexibility index (Phi) is 5.18. The van der Waals surface area contributed by atoms with Crippen LogP contribution >= 0.6 is 0 Å². The van der Waals surface area contributed by atoms with Crippen LogP contribution in [0.1, 0.15) is 24.0 Å². The summed E-state index contributed by atoms with van der Waals surface area (Å²) in [7, 11) is 0. The number of nitrogens with zero attached hydrogens (tertiary/aromatic N) is 3. The van der Waals surface area contributed by atoms with Crippen molar-refractivity contribution >= 4 is 23.5 Å². The summed E-state index contributed by atoms with van der Waals surface area (Å²) >= 11 is 0. The van der Waals surface area contributed by atoms with Crippen molar-refractivity contribution in [2.45, 2.75) is 19.3 Å². The molecule has 1 fully saturated rings. The quantitative estimate of drug-likeness (QED) is 0.476. The van der Waals surface area contributed by atoms with Crippen molar-refractivity contribution in [2.75, 3.05) is 13.1 Å². The van der Waals surface area contributed by atoms with E-state index in [-0.39, 0.29) is 18.0 Å². The Morgan fingerprint density at radius 3 is 2.56 bits per heavy atom. The Hall–Kier alpha value is -3.02. The molecule has 2 aromatic carbocycles. The minimum Gasteiger partial charge on any atom is -0.342 e. The van der Waals surface area contributed by atoms with Crippen LogP contribution in [0.25, 0.3) is 0 Å². The maximum atomic E-state index is 12.4. The lowest BCUT2D eigenvalue weighted by Gasteiger charge is -2.15. The average Bonchev–Trinajstić information content (AvgIpc) is 3.16. The largest absolute Gasteiger partial charge is 0.342 e. The molecule has 6 heteroatoms. The molecule has 25 heavy (non-hydrogen) atoms. The highest BCUT2D eigenvalue weighted by molar-refractivity contribution is 5.84. The van der Waals surface area contributed by atoms with Gasteiger partial charge in [0.05, 0.1) is 17.0 Å². The Morgan fingerprint density at radius 2 is 1.88 bits per heavy atom.